The van der Waals surface area contributed by atoms with Crippen molar-refractivity contribution in [2.75, 3.05) is 46.4 Å². The molecule has 0 aliphatic carbocycles. The average Bonchev–Trinajstić information content (AvgIpc) is 2.75. The molecule has 18 heavy (non-hydrogen) atoms. The van der Waals surface area contributed by atoms with Crippen molar-refractivity contribution in [3.63, 3.8) is 0 Å². The van der Waals surface area contributed by atoms with E-state index in [4.69, 9.17) is 9.47 Å². The predicted molar refractivity (Wildman–Crippen MR) is 71.0 cm³/mol. The van der Waals surface area contributed by atoms with Gasteiger partial charge in [-0.05, 0) is 18.4 Å². The zero-order chi connectivity index (χ0) is 12.3. The molecule has 0 aromatic rings. The smallest absolute Gasteiger partial charge is 0.336 e. The van der Waals surface area contributed by atoms with Crippen LogP contribution in [-0.4, -0.2) is 63.4 Å². The van der Waals surface area contributed by atoms with Crippen LogP contribution in [0.1, 0.15) is 13.3 Å². The Morgan fingerprint density at radius 1 is 1.61 bits per heavy atom. The number of nitrogens with one attached hydrogen (secondary N) is 1. The van der Waals surface area contributed by atoms with Gasteiger partial charge in [0, 0.05) is 26.2 Å². The number of halogens is 1. The van der Waals surface area contributed by atoms with Crippen molar-refractivity contribution in [3.8, 4) is 0 Å². The summed E-state index contributed by atoms with van der Waals surface area (Å²) in [6, 6.07) is 0. The van der Waals surface area contributed by atoms with Crippen LogP contribution in [0.4, 0.5) is 0 Å². The summed E-state index contributed by atoms with van der Waals surface area (Å²) < 4.78 is 10.2. The normalized spacial score (nSPS) is 32.9. The molecule has 0 saturated carbocycles. The first kappa shape index (κ1) is 15.7. The van der Waals surface area contributed by atoms with E-state index in [0.717, 1.165) is 26.2 Å². The molecule has 0 bridgehead atoms. The summed E-state index contributed by atoms with van der Waals surface area (Å²) in [5.41, 5.74) is 0.331. The molecule has 0 aromatic heterocycles. The van der Waals surface area contributed by atoms with E-state index in [2.05, 4.69) is 17.1 Å². The van der Waals surface area contributed by atoms with Gasteiger partial charge in [-0.25, -0.2) is 4.79 Å². The third-order valence-electron chi connectivity index (χ3n) is 3.68. The number of methoxy groups -OCH3 is 1. The first-order valence-corrected chi connectivity index (χ1v) is 6.25. The van der Waals surface area contributed by atoms with Gasteiger partial charge in [0.15, 0.2) is 6.10 Å². The van der Waals surface area contributed by atoms with Crippen LogP contribution >= 0.6 is 12.4 Å². The summed E-state index contributed by atoms with van der Waals surface area (Å²) in [6.07, 6.45) is 0.791. The maximum absolute atomic E-state index is 11.4. The lowest BCUT2D eigenvalue weighted by atomic mass is 9.89. The fourth-order valence-electron chi connectivity index (χ4n) is 2.66. The van der Waals surface area contributed by atoms with E-state index in [-0.39, 0.29) is 18.4 Å². The fourth-order valence-corrected chi connectivity index (χ4v) is 2.66. The minimum absolute atomic E-state index is 0. The zero-order valence-corrected chi connectivity index (χ0v) is 11.9. The molecule has 2 rings (SSSR count). The molecule has 2 saturated heterocycles. The monoisotopic (exact) mass is 278 g/mol. The molecule has 2 unspecified atom stereocenters. The quantitative estimate of drug-likeness (QED) is 0.752. The molecule has 0 radical (unpaired) electrons. The second-order valence-electron chi connectivity index (χ2n) is 5.36. The van der Waals surface area contributed by atoms with Crippen molar-refractivity contribution in [2.45, 2.75) is 19.4 Å². The Morgan fingerprint density at radius 3 is 3.00 bits per heavy atom. The van der Waals surface area contributed by atoms with Crippen LogP contribution in [-0.2, 0) is 14.3 Å². The summed E-state index contributed by atoms with van der Waals surface area (Å²) in [5.74, 6) is -0.260. The topological polar surface area (TPSA) is 50.8 Å². The molecular formula is C12H23ClN2O3. The number of morpholine rings is 1. The minimum atomic E-state index is -0.410. The first-order valence-electron chi connectivity index (χ1n) is 6.25. The van der Waals surface area contributed by atoms with Crippen molar-refractivity contribution >= 4 is 18.4 Å². The Hall–Kier alpha value is -0.360. The number of carbonyl (C=O) groups is 1. The summed E-state index contributed by atoms with van der Waals surface area (Å²) in [7, 11) is 1.41. The van der Waals surface area contributed by atoms with Gasteiger partial charge in [0.25, 0.3) is 0 Å². The van der Waals surface area contributed by atoms with E-state index in [1.807, 2.05) is 0 Å². The molecule has 2 aliphatic rings. The van der Waals surface area contributed by atoms with Crippen molar-refractivity contribution < 1.29 is 14.3 Å². The minimum Gasteiger partial charge on any atom is -0.467 e. The molecule has 2 atom stereocenters. The van der Waals surface area contributed by atoms with Gasteiger partial charge in [-0.2, -0.15) is 0 Å². The second-order valence-corrected chi connectivity index (χ2v) is 5.36. The maximum atomic E-state index is 11.4. The van der Waals surface area contributed by atoms with Crippen molar-refractivity contribution in [1.29, 1.82) is 0 Å². The number of nitrogens with zero attached hydrogens (tertiary/aromatic N) is 1. The Morgan fingerprint density at radius 2 is 2.39 bits per heavy atom. The molecule has 106 valence electrons. The molecule has 0 aromatic carbocycles. The predicted octanol–water partition coefficient (Wildman–Crippen LogP) is 0.282. The van der Waals surface area contributed by atoms with Crippen LogP contribution < -0.4 is 5.32 Å². The van der Waals surface area contributed by atoms with Gasteiger partial charge in [0.05, 0.1) is 13.7 Å². The third-order valence-corrected chi connectivity index (χ3v) is 3.68. The fraction of sp³-hybridized carbons (Fsp3) is 0.917. The Balaban J connectivity index is 0.00000162. The SMILES string of the molecule is COC(=O)C1CN(CC2(C)CCNC2)CCO1.Cl. The Labute approximate surface area is 115 Å². The van der Waals surface area contributed by atoms with Crippen LogP contribution in [0.2, 0.25) is 0 Å². The number of esters is 1. The second kappa shape index (κ2) is 6.70. The van der Waals surface area contributed by atoms with E-state index < -0.39 is 6.10 Å². The van der Waals surface area contributed by atoms with E-state index >= 15 is 0 Å². The highest BCUT2D eigenvalue weighted by molar-refractivity contribution is 5.85. The number of carbonyl (C=O) groups excluding carboxylic acids is 1. The third kappa shape index (κ3) is 3.82. The molecule has 1 N–H and O–H groups in total. The molecule has 6 heteroatoms. The van der Waals surface area contributed by atoms with Crippen molar-refractivity contribution in [3.05, 3.63) is 0 Å². The lowest BCUT2D eigenvalue weighted by molar-refractivity contribution is -0.160. The molecular weight excluding hydrogens is 256 g/mol. The number of ether oxygens (including phenoxy) is 2. The highest BCUT2D eigenvalue weighted by atomic mass is 35.5. The summed E-state index contributed by atoms with van der Waals surface area (Å²) in [5, 5.41) is 3.40. The van der Waals surface area contributed by atoms with E-state index in [9.17, 15) is 4.79 Å². The van der Waals surface area contributed by atoms with Crippen molar-refractivity contribution in [2.24, 2.45) is 5.41 Å². The van der Waals surface area contributed by atoms with Crippen LogP contribution in [0.25, 0.3) is 0 Å². The van der Waals surface area contributed by atoms with Gasteiger partial charge < -0.3 is 14.8 Å². The standard InChI is InChI=1S/C12H22N2O3.ClH/c1-12(3-4-13-8-12)9-14-5-6-17-10(7-14)11(15)16-2;/h10,13H,3-9H2,1-2H3;1H. The van der Waals surface area contributed by atoms with Gasteiger partial charge in [-0.15, -0.1) is 12.4 Å². The molecule has 5 nitrogen and oxygen atoms in total. The van der Waals surface area contributed by atoms with Gasteiger partial charge >= 0.3 is 5.97 Å². The highest BCUT2D eigenvalue weighted by Crippen LogP contribution is 2.26. The number of rotatable bonds is 3. The highest BCUT2D eigenvalue weighted by Gasteiger charge is 2.34. The molecule has 2 heterocycles. The maximum Gasteiger partial charge on any atom is 0.336 e. The molecule has 2 aliphatic heterocycles. The Kier molecular flexibility index (Phi) is 5.85. The lowest BCUT2D eigenvalue weighted by Crippen LogP contribution is -2.50. The molecule has 2 fully saturated rings. The van der Waals surface area contributed by atoms with Crippen LogP contribution in [0.15, 0.2) is 0 Å². The summed E-state index contributed by atoms with van der Waals surface area (Å²) >= 11 is 0. The van der Waals surface area contributed by atoms with Gasteiger partial charge in [-0.3, -0.25) is 4.90 Å². The van der Waals surface area contributed by atoms with Crippen LogP contribution in [0.5, 0.6) is 0 Å². The van der Waals surface area contributed by atoms with Crippen molar-refractivity contribution in [1.82, 2.24) is 10.2 Å². The Bertz CT molecular complexity index is 282. The number of hydrogen-bond acceptors (Lipinski definition) is 5. The van der Waals surface area contributed by atoms with E-state index in [0.29, 0.717) is 18.6 Å². The van der Waals surface area contributed by atoms with Gasteiger partial charge in [0.1, 0.15) is 0 Å². The lowest BCUT2D eigenvalue weighted by Gasteiger charge is -2.36. The van der Waals surface area contributed by atoms with Crippen LogP contribution in [0.3, 0.4) is 0 Å². The molecule has 0 spiro atoms. The summed E-state index contributed by atoms with van der Waals surface area (Å²) in [4.78, 5) is 13.8. The van der Waals surface area contributed by atoms with E-state index in [1.54, 1.807) is 0 Å². The summed E-state index contributed by atoms with van der Waals surface area (Å²) in [6.45, 7) is 7.66. The van der Waals surface area contributed by atoms with Gasteiger partial charge in [0.2, 0.25) is 0 Å². The largest absolute Gasteiger partial charge is 0.467 e. The van der Waals surface area contributed by atoms with Crippen LogP contribution in [0, 0.1) is 5.41 Å². The van der Waals surface area contributed by atoms with Gasteiger partial charge in [-0.1, -0.05) is 6.92 Å². The average molecular weight is 279 g/mol. The van der Waals surface area contributed by atoms with E-state index in [1.165, 1.54) is 13.5 Å². The number of hydrogen-bond donors (Lipinski definition) is 1. The molecule has 0 amide bonds. The first-order chi connectivity index (χ1) is 8.13. The zero-order valence-electron chi connectivity index (χ0n) is 11.1.